The van der Waals surface area contributed by atoms with E-state index in [0.717, 1.165) is 11.1 Å². The summed E-state index contributed by atoms with van der Waals surface area (Å²) in [7, 11) is 0. The molecule has 2 amide bonds. The molecule has 3 aromatic rings. The maximum absolute atomic E-state index is 13.7. The number of carboxylic acids is 1. The predicted molar refractivity (Wildman–Crippen MR) is 145 cm³/mol. The van der Waals surface area contributed by atoms with E-state index >= 15 is 0 Å². The molecule has 0 spiro atoms. The fourth-order valence-electron chi connectivity index (χ4n) is 4.84. The van der Waals surface area contributed by atoms with Crippen LogP contribution in [0.4, 0.5) is 4.39 Å². The summed E-state index contributed by atoms with van der Waals surface area (Å²) in [4.78, 5) is 46.1. The van der Waals surface area contributed by atoms with Crippen molar-refractivity contribution in [3.63, 3.8) is 0 Å². The summed E-state index contributed by atoms with van der Waals surface area (Å²) < 4.78 is 15.1. The first-order chi connectivity index (χ1) is 18.0. The molecule has 0 unspecified atom stereocenters. The molecule has 10 heteroatoms. The minimum absolute atomic E-state index is 0.115. The second-order valence-electron chi connectivity index (χ2n) is 12.5. The highest BCUT2D eigenvalue weighted by molar-refractivity contribution is 5.94. The van der Waals surface area contributed by atoms with Gasteiger partial charge in [-0.05, 0) is 63.4 Å². The van der Waals surface area contributed by atoms with Gasteiger partial charge in [0.15, 0.2) is 5.65 Å². The molecule has 1 saturated heterocycles. The van der Waals surface area contributed by atoms with Gasteiger partial charge in [-0.1, -0.05) is 20.8 Å². The molecule has 4 rings (SSSR count). The molecule has 1 aliphatic heterocycles. The molecule has 208 valence electrons. The van der Waals surface area contributed by atoms with Crippen molar-refractivity contribution in [2.75, 3.05) is 19.6 Å². The van der Waals surface area contributed by atoms with Gasteiger partial charge in [-0.2, -0.15) is 5.10 Å². The first-order valence-electron chi connectivity index (χ1n) is 13.0. The second kappa shape index (κ2) is 9.73. The van der Waals surface area contributed by atoms with E-state index in [1.807, 2.05) is 19.9 Å². The van der Waals surface area contributed by atoms with Crippen molar-refractivity contribution < 1.29 is 23.9 Å². The van der Waals surface area contributed by atoms with Gasteiger partial charge in [0.05, 0.1) is 22.8 Å². The van der Waals surface area contributed by atoms with Gasteiger partial charge in [0.2, 0.25) is 5.91 Å². The summed E-state index contributed by atoms with van der Waals surface area (Å²) in [5.41, 5.74) is 0.914. The van der Waals surface area contributed by atoms with Crippen LogP contribution in [0.1, 0.15) is 70.9 Å². The number of benzene rings is 1. The Balaban J connectivity index is 1.63. The van der Waals surface area contributed by atoms with Gasteiger partial charge < -0.3 is 14.9 Å². The van der Waals surface area contributed by atoms with Crippen molar-refractivity contribution in [3.8, 4) is 11.3 Å². The number of aromatic nitrogens is 3. The van der Waals surface area contributed by atoms with Crippen LogP contribution >= 0.6 is 0 Å². The molecule has 9 nitrogen and oxygen atoms in total. The normalized spacial score (nSPS) is 16.0. The average Bonchev–Trinajstić information content (AvgIpc) is 3.26. The van der Waals surface area contributed by atoms with Gasteiger partial charge in [0.25, 0.3) is 5.91 Å². The molecule has 39 heavy (non-hydrogen) atoms. The predicted octanol–water partition coefficient (Wildman–Crippen LogP) is 4.40. The maximum Gasteiger partial charge on any atom is 0.309 e. The average molecular weight is 538 g/mol. The van der Waals surface area contributed by atoms with Crippen molar-refractivity contribution in [1.29, 1.82) is 0 Å². The van der Waals surface area contributed by atoms with Crippen molar-refractivity contribution in [2.45, 2.75) is 65.8 Å². The van der Waals surface area contributed by atoms with Gasteiger partial charge >= 0.3 is 5.97 Å². The lowest BCUT2D eigenvalue weighted by Gasteiger charge is -2.47. The van der Waals surface area contributed by atoms with Crippen molar-refractivity contribution >= 4 is 23.4 Å². The van der Waals surface area contributed by atoms with Crippen LogP contribution in [-0.4, -0.2) is 72.5 Å². The van der Waals surface area contributed by atoms with E-state index in [1.165, 1.54) is 26.0 Å². The number of hydrogen-bond donors (Lipinski definition) is 1. The topological polar surface area (TPSA) is 108 Å². The fourth-order valence-corrected chi connectivity index (χ4v) is 4.84. The van der Waals surface area contributed by atoms with Crippen LogP contribution in [0, 0.1) is 11.2 Å². The number of carbonyl (C=O) groups excluding carboxylic acids is 2. The van der Waals surface area contributed by atoms with Gasteiger partial charge in [-0.15, -0.1) is 0 Å². The molecule has 3 heterocycles. The van der Waals surface area contributed by atoms with Crippen LogP contribution in [0.25, 0.3) is 16.9 Å². The quantitative estimate of drug-likeness (QED) is 0.517. The van der Waals surface area contributed by atoms with Crippen molar-refractivity contribution in [3.05, 3.63) is 53.6 Å². The van der Waals surface area contributed by atoms with E-state index in [2.05, 4.69) is 25.9 Å². The molecule has 0 saturated carbocycles. The molecule has 1 aliphatic rings. The third-order valence-electron chi connectivity index (χ3n) is 7.26. The van der Waals surface area contributed by atoms with Crippen LogP contribution in [0.5, 0.6) is 0 Å². The Hall–Kier alpha value is -3.82. The van der Waals surface area contributed by atoms with Crippen molar-refractivity contribution in [2.24, 2.45) is 5.41 Å². The lowest BCUT2D eigenvalue weighted by Crippen LogP contribution is -2.62. The molecule has 0 aliphatic carbocycles. The molecule has 1 aromatic carbocycles. The van der Waals surface area contributed by atoms with Crippen molar-refractivity contribution in [1.82, 2.24) is 24.4 Å². The summed E-state index contributed by atoms with van der Waals surface area (Å²) in [5.74, 6) is -1.88. The smallest absolute Gasteiger partial charge is 0.309 e. The van der Waals surface area contributed by atoms with E-state index in [9.17, 15) is 23.9 Å². The third kappa shape index (κ3) is 5.65. The largest absolute Gasteiger partial charge is 0.481 e. The molecule has 1 N–H and O–H groups in total. The number of imidazole rings is 1. The Morgan fingerprint density at radius 2 is 1.69 bits per heavy atom. The van der Waals surface area contributed by atoms with Crippen LogP contribution in [0.2, 0.25) is 0 Å². The molecule has 1 fully saturated rings. The van der Waals surface area contributed by atoms with E-state index in [-0.39, 0.29) is 41.7 Å². The van der Waals surface area contributed by atoms with Crippen LogP contribution in [-0.2, 0) is 15.0 Å². The monoisotopic (exact) mass is 537 g/mol. The van der Waals surface area contributed by atoms with Crippen LogP contribution in [0.3, 0.4) is 0 Å². The van der Waals surface area contributed by atoms with Gasteiger partial charge in [-0.25, -0.2) is 13.9 Å². The number of aliphatic carboxylic acids is 1. The van der Waals surface area contributed by atoms with E-state index in [4.69, 9.17) is 4.98 Å². The molecular formula is C29H36FN5O4. The zero-order valence-electron chi connectivity index (χ0n) is 23.6. The van der Waals surface area contributed by atoms with E-state index in [0.29, 0.717) is 24.4 Å². The molecule has 2 aromatic heterocycles. The second-order valence-corrected chi connectivity index (χ2v) is 12.5. The molecule has 0 radical (unpaired) electrons. The summed E-state index contributed by atoms with van der Waals surface area (Å²) in [6.45, 7) is 13.9. The highest BCUT2D eigenvalue weighted by Gasteiger charge is 2.41. The number of carboxylic acid groups (broad SMARTS) is 1. The molecule has 0 bridgehead atoms. The summed E-state index contributed by atoms with van der Waals surface area (Å²) in [5, 5.41) is 14.1. The number of nitrogens with zero attached hydrogens (tertiary/aromatic N) is 5. The zero-order valence-corrected chi connectivity index (χ0v) is 23.6. The maximum atomic E-state index is 13.7. The van der Waals surface area contributed by atoms with E-state index in [1.54, 1.807) is 32.6 Å². The first kappa shape index (κ1) is 28.2. The standard InChI is InChI=1S/C29H36FN5O4/c1-27(2,3)20-14-21(18-8-10-19(30)11-9-18)32-35-16-22(31-24(20)35)25(37)34-13-12-33(17-29(34,6)7)23(36)15-28(4,5)26(38)39/h8-11,14,16H,12-13,15,17H2,1-7H3,(H,38,39). The van der Waals surface area contributed by atoms with Gasteiger partial charge in [0, 0.05) is 37.2 Å². The summed E-state index contributed by atoms with van der Waals surface area (Å²) >= 11 is 0. The number of halogens is 1. The van der Waals surface area contributed by atoms with Gasteiger partial charge in [0.1, 0.15) is 11.5 Å². The lowest BCUT2D eigenvalue weighted by atomic mass is 9.87. The number of piperazine rings is 1. The Morgan fingerprint density at radius 3 is 2.26 bits per heavy atom. The lowest BCUT2D eigenvalue weighted by molar-refractivity contribution is -0.152. The highest BCUT2D eigenvalue weighted by atomic mass is 19.1. The highest BCUT2D eigenvalue weighted by Crippen LogP contribution is 2.31. The fraction of sp³-hybridized carbons (Fsp3) is 0.483. The Bertz CT molecular complexity index is 1440. The van der Waals surface area contributed by atoms with E-state index < -0.39 is 16.9 Å². The first-order valence-corrected chi connectivity index (χ1v) is 13.0. The Kier molecular flexibility index (Phi) is 7.04. The Morgan fingerprint density at radius 1 is 1.05 bits per heavy atom. The summed E-state index contributed by atoms with van der Waals surface area (Å²) in [6, 6.07) is 8.03. The molecule has 0 atom stereocenters. The molecular weight excluding hydrogens is 501 g/mol. The Labute approximate surface area is 227 Å². The number of carbonyl (C=O) groups is 3. The number of amides is 2. The number of hydrogen-bond acceptors (Lipinski definition) is 5. The number of rotatable bonds is 5. The third-order valence-corrected chi connectivity index (χ3v) is 7.26. The SMILES string of the molecule is CC(C)(CC(=O)N1CCN(C(=O)c2cn3nc(-c4ccc(F)cc4)cc(C(C)(C)C)c3n2)C(C)(C)C1)C(=O)O. The summed E-state index contributed by atoms with van der Waals surface area (Å²) in [6.07, 6.45) is 1.50. The van der Waals surface area contributed by atoms with Gasteiger partial charge in [-0.3, -0.25) is 14.4 Å². The zero-order chi connectivity index (χ0) is 28.9. The minimum atomic E-state index is -1.17. The van der Waals surface area contributed by atoms with Crippen LogP contribution in [0.15, 0.2) is 36.5 Å². The van der Waals surface area contributed by atoms with Crippen LogP contribution < -0.4 is 0 Å². The number of fused-ring (bicyclic) bond motifs is 1. The minimum Gasteiger partial charge on any atom is -0.481 e.